The molecule has 0 fully saturated rings. The Morgan fingerprint density at radius 1 is 1.50 bits per heavy atom. The van der Waals surface area contributed by atoms with Crippen LogP contribution in [0.25, 0.3) is 0 Å². The largest absolute Gasteiger partial charge is 0.444 e. The molecule has 0 saturated carbocycles. The van der Waals surface area contributed by atoms with Gasteiger partial charge in [-0.3, -0.25) is 5.32 Å². The van der Waals surface area contributed by atoms with E-state index in [1.807, 2.05) is 26.8 Å². The average Bonchev–Trinajstić information content (AvgIpc) is 3.03. The number of nitrogens with one attached hydrogen (secondary N) is 3. The van der Waals surface area contributed by atoms with Crippen molar-refractivity contribution in [2.45, 2.75) is 38.8 Å². The molecule has 0 bridgehead atoms. The van der Waals surface area contributed by atoms with Crippen molar-refractivity contribution >= 4 is 23.4 Å². The van der Waals surface area contributed by atoms with Crippen LogP contribution in [0.1, 0.15) is 43.1 Å². The van der Waals surface area contributed by atoms with E-state index in [2.05, 4.69) is 32.0 Å². The molecule has 0 aliphatic carbocycles. The summed E-state index contributed by atoms with van der Waals surface area (Å²) in [6.07, 6.45) is 0.361. The number of amides is 1. The van der Waals surface area contributed by atoms with Crippen LogP contribution in [-0.2, 0) is 11.2 Å². The predicted molar refractivity (Wildman–Crippen MR) is 86.3 cm³/mol. The van der Waals surface area contributed by atoms with Crippen LogP contribution in [0.3, 0.4) is 0 Å². The molecule has 0 spiro atoms. The van der Waals surface area contributed by atoms with E-state index in [1.165, 1.54) is 4.88 Å². The first-order valence-electron chi connectivity index (χ1n) is 7.28. The molecular weight excluding hydrogens is 300 g/mol. The van der Waals surface area contributed by atoms with Crippen molar-refractivity contribution in [2.75, 3.05) is 11.9 Å². The summed E-state index contributed by atoms with van der Waals surface area (Å²) in [5.41, 5.74) is 1.47. The molecule has 1 unspecified atom stereocenters. The Bertz CT molecular complexity index is 658. The van der Waals surface area contributed by atoms with Crippen molar-refractivity contribution < 1.29 is 9.53 Å². The molecule has 2 aromatic heterocycles. The maximum absolute atomic E-state index is 11.8. The highest BCUT2D eigenvalue weighted by Gasteiger charge is 2.27. The molecule has 3 rings (SSSR count). The van der Waals surface area contributed by atoms with Crippen LogP contribution >= 0.6 is 11.3 Å². The van der Waals surface area contributed by atoms with Gasteiger partial charge >= 0.3 is 6.09 Å². The standard InChI is InChI=1S/C15H20N4O2S/c1-15(2,3)21-14(20)19-13-17-9-6-7-16-12(11(9)18-13)10-5-4-8-22-10/h4-5,8,12,16H,6-7H2,1-3H3,(H2,17,18,19,20). The summed E-state index contributed by atoms with van der Waals surface area (Å²) in [5, 5.41) is 8.19. The molecule has 3 heterocycles. The summed E-state index contributed by atoms with van der Waals surface area (Å²) in [6, 6.07) is 4.20. The highest BCUT2D eigenvalue weighted by molar-refractivity contribution is 7.10. The fourth-order valence-corrected chi connectivity index (χ4v) is 3.24. The van der Waals surface area contributed by atoms with Gasteiger partial charge in [-0.2, -0.15) is 0 Å². The Labute approximate surface area is 133 Å². The first-order valence-corrected chi connectivity index (χ1v) is 8.16. The molecule has 1 amide bonds. The third kappa shape index (κ3) is 3.31. The number of carbonyl (C=O) groups excluding carboxylic acids is 1. The number of rotatable bonds is 2. The maximum atomic E-state index is 11.8. The fourth-order valence-electron chi connectivity index (χ4n) is 2.44. The number of hydrogen-bond donors (Lipinski definition) is 3. The van der Waals surface area contributed by atoms with Gasteiger partial charge in [-0.1, -0.05) is 6.07 Å². The molecule has 0 aromatic carbocycles. The highest BCUT2D eigenvalue weighted by Crippen LogP contribution is 2.30. The van der Waals surface area contributed by atoms with E-state index in [-0.39, 0.29) is 6.04 Å². The van der Waals surface area contributed by atoms with Gasteiger partial charge in [0.2, 0.25) is 5.95 Å². The van der Waals surface area contributed by atoms with Gasteiger partial charge in [0.15, 0.2) is 0 Å². The maximum Gasteiger partial charge on any atom is 0.414 e. The van der Waals surface area contributed by atoms with E-state index in [0.717, 1.165) is 24.4 Å². The number of imidazole rings is 1. The van der Waals surface area contributed by atoms with Crippen molar-refractivity contribution in [2.24, 2.45) is 0 Å². The number of aromatic amines is 1. The van der Waals surface area contributed by atoms with Gasteiger partial charge in [0.05, 0.1) is 11.7 Å². The SMILES string of the molecule is CC(C)(C)OC(=O)Nc1nc2c([nH]1)CCNC2c1cccs1. The Hall–Kier alpha value is -1.86. The highest BCUT2D eigenvalue weighted by atomic mass is 32.1. The second kappa shape index (κ2) is 5.73. The second-order valence-electron chi connectivity index (χ2n) is 6.23. The summed E-state index contributed by atoms with van der Waals surface area (Å²) in [5.74, 6) is 0.435. The van der Waals surface area contributed by atoms with Crippen molar-refractivity contribution in [1.29, 1.82) is 0 Å². The molecule has 2 aromatic rings. The molecule has 1 aliphatic heterocycles. The van der Waals surface area contributed by atoms with E-state index in [4.69, 9.17) is 4.74 Å². The molecular formula is C15H20N4O2S. The third-order valence-electron chi connectivity index (χ3n) is 3.25. The summed E-state index contributed by atoms with van der Waals surface area (Å²) in [6.45, 7) is 6.37. The lowest BCUT2D eigenvalue weighted by Gasteiger charge is -2.21. The molecule has 1 atom stereocenters. The average molecular weight is 320 g/mol. The Morgan fingerprint density at radius 3 is 3.00 bits per heavy atom. The molecule has 7 heteroatoms. The molecule has 22 heavy (non-hydrogen) atoms. The molecule has 0 radical (unpaired) electrons. The lowest BCUT2D eigenvalue weighted by molar-refractivity contribution is 0.0635. The van der Waals surface area contributed by atoms with Crippen LogP contribution < -0.4 is 10.6 Å². The normalized spacial score (nSPS) is 17.9. The molecule has 1 aliphatic rings. The Balaban J connectivity index is 1.78. The smallest absolute Gasteiger partial charge is 0.414 e. The zero-order chi connectivity index (χ0) is 15.7. The van der Waals surface area contributed by atoms with Crippen LogP contribution in [0.4, 0.5) is 10.7 Å². The van der Waals surface area contributed by atoms with E-state index in [0.29, 0.717) is 5.95 Å². The zero-order valence-corrected chi connectivity index (χ0v) is 13.7. The number of thiophene rings is 1. The minimum absolute atomic E-state index is 0.0780. The van der Waals surface area contributed by atoms with Crippen LogP contribution in [0.5, 0.6) is 0 Å². The molecule has 3 N–H and O–H groups in total. The van der Waals surface area contributed by atoms with Crippen LogP contribution in [0, 0.1) is 0 Å². The number of fused-ring (bicyclic) bond motifs is 1. The first kappa shape index (κ1) is 15.1. The zero-order valence-electron chi connectivity index (χ0n) is 12.9. The number of carbonyl (C=O) groups is 1. The van der Waals surface area contributed by atoms with E-state index in [1.54, 1.807) is 11.3 Å². The van der Waals surface area contributed by atoms with Gasteiger partial charge in [-0.05, 0) is 32.2 Å². The number of H-pyrrole nitrogens is 1. The van der Waals surface area contributed by atoms with E-state index >= 15 is 0 Å². The predicted octanol–water partition coefficient (Wildman–Crippen LogP) is 3.05. The van der Waals surface area contributed by atoms with Crippen molar-refractivity contribution in [3.05, 3.63) is 33.8 Å². The van der Waals surface area contributed by atoms with Crippen LogP contribution in [-0.4, -0.2) is 28.2 Å². The summed E-state index contributed by atoms with van der Waals surface area (Å²) in [4.78, 5) is 20.8. The minimum Gasteiger partial charge on any atom is -0.444 e. The lowest BCUT2D eigenvalue weighted by Crippen LogP contribution is -2.30. The number of hydrogen-bond acceptors (Lipinski definition) is 5. The number of anilines is 1. The number of aromatic nitrogens is 2. The molecule has 0 saturated heterocycles. The van der Waals surface area contributed by atoms with Crippen molar-refractivity contribution in [1.82, 2.24) is 15.3 Å². The van der Waals surface area contributed by atoms with Gasteiger partial charge in [-0.25, -0.2) is 9.78 Å². The quantitative estimate of drug-likeness (QED) is 0.794. The van der Waals surface area contributed by atoms with Crippen LogP contribution in [0.2, 0.25) is 0 Å². The fraction of sp³-hybridized carbons (Fsp3) is 0.467. The number of nitrogens with zero attached hydrogens (tertiary/aromatic N) is 1. The van der Waals surface area contributed by atoms with Crippen molar-refractivity contribution in [3.8, 4) is 0 Å². The van der Waals surface area contributed by atoms with Gasteiger partial charge in [-0.15, -0.1) is 11.3 Å². The third-order valence-corrected chi connectivity index (χ3v) is 4.19. The monoisotopic (exact) mass is 320 g/mol. The molecule has 118 valence electrons. The Kier molecular flexibility index (Phi) is 3.92. The topological polar surface area (TPSA) is 79.0 Å². The summed E-state index contributed by atoms with van der Waals surface area (Å²) < 4.78 is 5.25. The second-order valence-corrected chi connectivity index (χ2v) is 7.21. The summed E-state index contributed by atoms with van der Waals surface area (Å²) in [7, 11) is 0. The van der Waals surface area contributed by atoms with Gasteiger partial charge in [0, 0.05) is 23.5 Å². The van der Waals surface area contributed by atoms with Gasteiger partial charge < -0.3 is 15.0 Å². The van der Waals surface area contributed by atoms with E-state index < -0.39 is 11.7 Å². The lowest BCUT2D eigenvalue weighted by atomic mass is 10.0. The Morgan fingerprint density at radius 2 is 2.32 bits per heavy atom. The van der Waals surface area contributed by atoms with Crippen molar-refractivity contribution in [3.63, 3.8) is 0 Å². The van der Waals surface area contributed by atoms with Crippen LogP contribution in [0.15, 0.2) is 17.5 Å². The summed E-state index contributed by atoms with van der Waals surface area (Å²) >= 11 is 1.70. The van der Waals surface area contributed by atoms with Gasteiger partial charge in [0.25, 0.3) is 0 Å². The minimum atomic E-state index is -0.530. The van der Waals surface area contributed by atoms with Gasteiger partial charge in [0.1, 0.15) is 5.60 Å². The molecule has 6 nitrogen and oxygen atoms in total. The first-order chi connectivity index (χ1) is 10.4. The number of ether oxygens (including phenoxy) is 1. The van der Waals surface area contributed by atoms with E-state index in [9.17, 15) is 4.79 Å².